The summed E-state index contributed by atoms with van der Waals surface area (Å²) < 4.78 is 15.7. The highest BCUT2D eigenvalue weighted by molar-refractivity contribution is 5.35. The minimum atomic E-state index is -0.800. The lowest BCUT2D eigenvalue weighted by molar-refractivity contribution is -0.387. The number of rotatable bonds is 6. The number of nitrogens with one attached hydrogen (secondary N) is 1. The Morgan fingerprint density at radius 2 is 2.19 bits per heavy atom. The Morgan fingerprint density at radius 1 is 1.43 bits per heavy atom. The first-order valence-corrected chi connectivity index (χ1v) is 6.84. The van der Waals surface area contributed by atoms with Crippen molar-refractivity contribution in [3.63, 3.8) is 0 Å². The number of halogens is 1. The fourth-order valence-corrected chi connectivity index (χ4v) is 2.37. The molecule has 1 heterocycles. The Balaban J connectivity index is 2.21. The summed E-state index contributed by atoms with van der Waals surface area (Å²) in [6.07, 6.45) is 1.92. The van der Waals surface area contributed by atoms with Crippen LogP contribution in [-0.4, -0.2) is 16.0 Å². The monoisotopic (exact) mass is 291 g/mol. The lowest BCUT2D eigenvalue weighted by atomic mass is 10.2. The molecule has 0 bridgehead atoms. The van der Waals surface area contributed by atoms with Crippen LogP contribution in [0.15, 0.2) is 36.5 Å². The van der Waals surface area contributed by atoms with Gasteiger partial charge in [-0.3, -0.25) is 10.1 Å². The van der Waals surface area contributed by atoms with E-state index in [-0.39, 0.29) is 6.04 Å². The van der Waals surface area contributed by atoms with Crippen LogP contribution in [0.3, 0.4) is 0 Å². The fraction of sp³-hybridized carbons (Fsp3) is 0.333. The van der Waals surface area contributed by atoms with Crippen molar-refractivity contribution in [2.75, 3.05) is 6.54 Å². The van der Waals surface area contributed by atoms with Gasteiger partial charge in [0, 0.05) is 30.5 Å². The molecule has 0 aliphatic heterocycles. The van der Waals surface area contributed by atoms with E-state index < -0.39 is 16.4 Å². The third-order valence-corrected chi connectivity index (χ3v) is 3.38. The van der Waals surface area contributed by atoms with Crippen molar-refractivity contribution in [3.05, 3.63) is 63.7 Å². The first kappa shape index (κ1) is 15.2. The maximum Gasteiger partial charge on any atom is 0.304 e. The summed E-state index contributed by atoms with van der Waals surface area (Å²) in [6, 6.07) is 8.15. The maximum atomic E-state index is 13.6. The van der Waals surface area contributed by atoms with Crippen LogP contribution in [0.25, 0.3) is 0 Å². The minimum absolute atomic E-state index is 0.188. The third-order valence-electron chi connectivity index (χ3n) is 3.38. The van der Waals surface area contributed by atoms with Gasteiger partial charge in [0.2, 0.25) is 5.82 Å². The number of hydrogen-bond acceptors (Lipinski definition) is 3. The van der Waals surface area contributed by atoms with Gasteiger partial charge in [0.05, 0.1) is 4.92 Å². The van der Waals surface area contributed by atoms with Crippen molar-refractivity contribution in [3.8, 4) is 0 Å². The van der Waals surface area contributed by atoms with E-state index in [0.717, 1.165) is 12.2 Å². The average Bonchev–Trinajstić information content (AvgIpc) is 2.87. The van der Waals surface area contributed by atoms with Crippen LogP contribution in [0.2, 0.25) is 0 Å². The average molecular weight is 291 g/mol. The molecule has 2 aromatic rings. The standard InChI is InChI=1S/C15H18FN3O2/c1-3-17-11(2)14-5-4-8-18(14)10-12-6-7-15(19(20)21)13(16)9-12/h4-9,11,17H,3,10H2,1-2H3. The van der Waals surface area contributed by atoms with E-state index in [1.54, 1.807) is 6.07 Å². The second-order valence-electron chi connectivity index (χ2n) is 4.88. The van der Waals surface area contributed by atoms with Crippen LogP contribution in [0.1, 0.15) is 31.1 Å². The van der Waals surface area contributed by atoms with E-state index in [0.29, 0.717) is 12.1 Å². The molecule has 6 heteroatoms. The smallest absolute Gasteiger partial charge is 0.304 e. The van der Waals surface area contributed by atoms with Crippen LogP contribution in [-0.2, 0) is 6.54 Å². The van der Waals surface area contributed by atoms with Gasteiger partial charge in [-0.2, -0.15) is 4.39 Å². The number of benzene rings is 1. The molecule has 2 rings (SSSR count). The molecule has 0 spiro atoms. The van der Waals surface area contributed by atoms with Gasteiger partial charge in [-0.1, -0.05) is 13.0 Å². The molecule has 1 N–H and O–H groups in total. The summed E-state index contributed by atoms with van der Waals surface area (Å²) in [6.45, 7) is 5.44. The molecule has 0 radical (unpaired) electrons. The van der Waals surface area contributed by atoms with Crippen molar-refractivity contribution in [1.82, 2.24) is 9.88 Å². The van der Waals surface area contributed by atoms with Crippen molar-refractivity contribution in [1.29, 1.82) is 0 Å². The van der Waals surface area contributed by atoms with Gasteiger partial charge < -0.3 is 9.88 Å². The fourth-order valence-electron chi connectivity index (χ4n) is 2.37. The SMILES string of the molecule is CCNC(C)c1cccn1Cc1ccc([N+](=O)[O-])c(F)c1. The number of nitro benzene ring substituents is 1. The molecule has 1 aromatic carbocycles. The normalized spacial score (nSPS) is 12.3. The van der Waals surface area contributed by atoms with Crippen molar-refractivity contribution < 1.29 is 9.31 Å². The minimum Gasteiger partial charge on any atom is -0.346 e. The molecule has 5 nitrogen and oxygen atoms in total. The molecular formula is C15H18FN3O2. The molecule has 0 amide bonds. The predicted molar refractivity (Wildman–Crippen MR) is 78.7 cm³/mol. The molecule has 21 heavy (non-hydrogen) atoms. The van der Waals surface area contributed by atoms with E-state index in [9.17, 15) is 14.5 Å². The molecule has 0 aliphatic rings. The van der Waals surface area contributed by atoms with E-state index in [1.807, 2.05) is 29.8 Å². The highest BCUT2D eigenvalue weighted by Crippen LogP contribution is 2.20. The lowest BCUT2D eigenvalue weighted by Gasteiger charge is -2.16. The van der Waals surface area contributed by atoms with Crippen LogP contribution < -0.4 is 5.32 Å². The van der Waals surface area contributed by atoms with Crippen LogP contribution in [0.5, 0.6) is 0 Å². The van der Waals surface area contributed by atoms with Gasteiger partial charge in [0.25, 0.3) is 0 Å². The molecule has 0 saturated carbocycles. The highest BCUT2D eigenvalue weighted by Gasteiger charge is 2.15. The zero-order valence-electron chi connectivity index (χ0n) is 12.0. The molecule has 1 unspecified atom stereocenters. The van der Waals surface area contributed by atoms with Gasteiger partial charge in [0.15, 0.2) is 0 Å². The van der Waals surface area contributed by atoms with Gasteiger partial charge in [-0.15, -0.1) is 0 Å². The van der Waals surface area contributed by atoms with Crippen molar-refractivity contribution in [2.45, 2.75) is 26.4 Å². The summed E-state index contributed by atoms with van der Waals surface area (Å²) in [5.74, 6) is -0.800. The summed E-state index contributed by atoms with van der Waals surface area (Å²) in [5, 5.41) is 13.9. The highest BCUT2D eigenvalue weighted by atomic mass is 19.1. The second-order valence-corrected chi connectivity index (χ2v) is 4.88. The largest absolute Gasteiger partial charge is 0.346 e. The Bertz CT molecular complexity index is 640. The lowest BCUT2D eigenvalue weighted by Crippen LogP contribution is -2.20. The van der Waals surface area contributed by atoms with E-state index in [4.69, 9.17) is 0 Å². The summed E-state index contributed by atoms with van der Waals surface area (Å²) >= 11 is 0. The van der Waals surface area contributed by atoms with Gasteiger partial charge in [-0.25, -0.2) is 0 Å². The number of hydrogen-bond donors (Lipinski definition) is 1. The summed E-state index contributed by atoms with van der Waals surface area (Å²) in [7, 11) is 0. The van der Waals surface area contributed by atoms with Crippen LogP contribution in [0.4, 0.5) is 10.1 Å². The molecule has 1 atom stereocenters. The molecule has 0 saturated heterocycles. The molecular weight excluding hydrogens is 273 g/mol. The zero-order chi connectivity index (χ0) is 15.4. The Morgan fingerprint density at radius 3 is 2.81 bits per heavy atom. The summed E-state index contributed by atoms with van der Waals surface area (Å²) in [5.41, 5.74) is 1.29. The van der Waals surface area contributed by atoms with E-state index in [2.05, 4.69) is 12.2 Å². The number of aromatic nitrogens is 1. The maximum absolute atomic E-state index is 13.6. The van der Waals surface area contributed by atoms with Crippen LogP contribution >= 0.6 is 0 Å². The Labute approximate surface area is 122 Å². The quantitative estimate of drug-likeness (QED) is 0.656. The third kappa shape index (κ3) is 3.46. The van der Waals surface area contributed by atoms with E-state index >= 15 is 0 Å². The van der Waals surface area contributed by atoms with Crippen molar-refractivity contribution >= 4 is 5.69 Å². The number of nitro groups is 1. The first-order chi connectivity index (χ1) is 10.0. The van der Waals surface area contributed by atoms with Crippen molar-refractivity contribution in [2.24, 2.45) is 0 Å². The Hall–Kier alpha value is -2.21. The van der Waals surface area contributed by atoms with E-state index in [1.165, 1.54) is 12.1 Å². The zero-order valence-corrected chi connectivity index (χ0v) is 12.0. The Kier molecular flexibility index (Phi) is 4.70. The van der Waals surface area contributed by atoms with Gasteiger partial charge in [-0.05, 0) is 37.2 Å². The first-order valence-electron chi connectivity index (χ1n) is 6.84. The molecule has 0 aliphatic carbocycles. The van der Waals surface area contributed by atoms with Gasteiger partial charge in [0.1, 0.15) is 0 Å². The topological polar surface area (TPSA) is 60.1 Å². The predicted octanol–water partition coefficient (Wildman–Crippen LogP) is 3.25. The molecule has 0 fully saturated rings. The molecule has 112 valence electrons. The van der Waals surface area contributed by atoms with Gasteiger partial charge >= 0.3 is 5.69 Å². The van der Waals surface area contributed by atoms with Crippen LogP contribution in [0, 0.1) is 15.9 Å². The second kappa shape index (κ2) is 6.49. The number of nitrogens with zero attached hydrogens (tertiary/aromatic N) is 2. The summed E-state index contributed by atoms with van der Waals surface area (Å²) in [4.78, 5) is 9.90. The molecule has 1 aromatic heterocycles.